The average molecular weight is 284 g/mol. The molecule has 1 aliphatic heterocycles. The van der Waals surface area contributed by atoms with Gasteiger partial charge in [0.25, 0.3) is 0 Å². The van der Waals surface area contributed by atoms with Gasteiger partial charge in [-0.1, -0.05) is 39.5 Å². The molecule has 1 saturated heterocycles. The Labute approximate surface area is 121 Å². The van der Waals surface area contributed by atoms with Crippen molar-refractivity contribution in [1.29, 1.82) is 0 Å². The van der Waals surface area contributed by atoms with E-state index in [1.807, 2.05) is 0 Å². The maximum absolute atomic E-state index is 11.9. The molecule has 5 nitrogen and oxygen atoms in total. The molecule has 2 amide bonds. The predicted octanol–water partition coefficient (Wildman–Crippen LogP) is 2.85. The van der Waals surface area contributed by atoms with E-state index in [0.29, 0.717) is 19.5 Å². The molecule has 116 valence electrons. The number of carboxylic acid groups (broad SMARTS) is 1. The highest BCUT2D eigenvalue weighted by Crippen LogP contribution is 2.17. The lowest BCUT2D eigenvalue weighted by Crippen LogP contribution is -2.46. The molecule has 0 aromatic carbocycles. The third kappa shape index (κ3) is 5.80. The van der Waals surface area contributed by atoms with Crippen LogP contribution in [0.15, 0.2) is 0 Å². The predicted molar refractivity (Wildman–Crippen MR) is 78.7 cm³/mol. The van der Waals surface area contributed by atoms with E-state index >= 15 is 0 Å². The molecule has 2 N–H and O–H groups in total. The first-order valence-electron chi connectivity index (χ1n) is 7.79. The number of carbonyl (C=O) groups excluding carboxylic acids is 1. The number of carbonyl (C=O) groups is 2. The topological polar surface area (TPSA) is 69.6 Å². The third-order valence-corrected chi connectivity index (χ3v) is 3.78. The first-order chi connectivity index (χ1) is 9.52. The summed E-state index contributed by atoms with van der Waals surface area (Å²) in [7, 11) is 0. The molecule has 0 saturated carbocycles. The van der Waals surface area contributed by atoms with Gasteiger partial charge < -0.3 is 15.3 Å². The smallest absolute Gasteiger partial charge is 0.326 e. The van der Waals surface area contributed by atoms with Crippen LogP contribution >= 0.6 is 0 Å². The second-order valence-electron chi connectivity index (χ2n) is 6.02. The van der Waals surface area contributed by atoms with Crippen LogP contribution in [0.4, 0.5) is 4.79 Å². The fourth-order valence-corrected chi connectivity index (χ4v) is 2.59. The molecule has 1 rings (SSSR count). The van der Waals surface area contributed by atoms with Crippen LogP contribution in [0.2, 0.25) is 0 Å². The van der Waals surface area contributed by atoms with Crippen molar-refractivity contribution in [3.8, 4) is 0 Å². The van der Waals surface area contributed by atoms with Gasteiger partial charge in [0.05, 0.1) is 0 Å². The van der Waals surface area contributed by atoms with Crippen LogP contribution in [0.5, 0.6) is 0 Å². The molecule has 1 heterocycles. The molecule has 20 heavy (non-hydrogen) atoms. The van der Waals surface area contributed by atoms with Crippen LogP contribution < -0.4 is 5.32 Å². The number of nitrogens with zero attached hydrogens (tertiary/aromatic N) is 1. The van der Waals surface area contributed by atoms with Gasteiger partial charge in [-0.3, -0.25) is 0 Å². The molecule has 0 aromatic heterocycles. The van der Waals surface area contributed by atoms with Gasteiger partial charge in [-0.25, -0.2) is 9.59 Å². The summed E-state index contributed by atoms with van der Waals surface area (Å²) in [5.74, 6) is -0.135. The number of likely N-dealkylation sites (tertiary alicyclic amines) is 1. The molecule has 0 bridgehead atoms. The van der Waals surface area contributed by atoms with Gasteiger partial charge in [-0.15, -0.1) is 0 Å². The van der Waals surface area contributed by atoms with E-state index in [2.05, 4.69) is 19.2 Å². The summed E-state index contributed by atoms with van der Waals surface area (Å²) in [6.07, 6.45) is 7.15. The minimum atomic E-state index is -0.897. The monoisotopic (exact) mass is 284 g/mol. The molecular weight excluding hydrogens is 256 g/mol. The Balaban J connectivity index is 2.09. The number of carboxylic acids is 1. The van der Waals surface area contributed by atoms with Crippen LogP contribution in [0.1, 0.15) is 58.8 Å². The van der Waals surface area contributed by atoms with E-state index in [9.17, 15) is 9.59 Å². The Bertz CT molecular complexity index is 318. The van der Waals surface area contributed by atoms with Gasteiger partial charge in [-0.05, 0) is 25.2 Å². The lowest BCUT2D eigenvalue weighted by molar-refractivity contribution is -0.141. The van der Waals surface area contributed by atoms with Crippen molar-refractivity contribution < 1.29 is 14.7 Å². The third-order valence-electron chi connectivity index (χ3n) is 3.78. The van der Waals surface area contributed by atoms with Crippen LogP contribution in [0.3, 0.4) is 0 Å². The quantitative estimate of drug-likeness (QED) is 0.673. The maximum Gasteiger partial charge on any atom is 0.326 e. The number of aliphatic carboxylic acids is 1. The molecule has 0 aliphatic carbocycles. The minimum absolute atomic E-state index is 0.225. The van der Waals surface area contributed by atoms with Crippen LogP contribution in [0.25, 0.3) is 0 Å². The van der Waals surface area contributed by atoms with Gasteiger partial charge in [0.2, 0.25) is 0 Å². The van der Waals surface area contributed by atoms with E-state index in [1.54, 1.807) is 0 Å². The van der Waals surface area contributed by atoms with Crippen molar-refractivity contribution in [1.82, 2.24) is 10.2 Å². The highest BCUT2D eigenvalue weighted by Gasteiger charge is 2.33. The largest absolute Gasteiger partial charge is 0.480 e. The highest BCUT2D eigenvalue weighted by atomic mass is 16.4. The molecule has 1 atom stereocenters. The number of nitrogens with one attached hydrogen (secondary N) is 1. The Hall–Kier alpha value is -1.26. The normalized spacial score (nSPS) is 18.6. The lowest BCUT2D eigenvalue weighted by Gasteiger charge is -2.21. The number of hydrogen-bond donors (Lipinski definition) is 2. The molecule has 5 heteroatoms. The van der Waals surface area contributed by atoms with Gasteiger partial charge >= 0.3 is 12.0 Å². The summed E-state index contributed by atoms with van der Waals surface area (Å²) in [5, 5.41) is 11.9. The maximum atomic E-state index is 11.9. The fourth-order valence-electron chi connectivity index (χ4n) is 2.59. The summed E-state index contributed by atoms with van der Waals surface area (Å²) in [6.45, 7) is 5.66. The van der Waals surface area contributed by atoms with Gasteiger partial charge in [0.1, 0.15) is 6.04 Å². The van der Waals surface area contributed by atoms with Crippen molar-refractivity contribution in [2.75, 3.05) is 13.1 Å². The number of urea groups is 1. The van der Waals surface area contributed by atoms with E-state index in [-0.39, 0.29) is 6.03 Å². The van der Waals surface area contributed by atoms with E-state index < -0.39 is 12.0 Å². The Morgan fingerprint density at radius 3 is 2.60 bits per heavy atom. The molecule has 0 aromatic rings. The van der Waals surface area contributed by atoms with Gasteiger partial charge in [0.15, 0.2) is 0 Å². The standard InChI is InChI=1S/C15H28N2O3/c1-12(2)8-5-3-4-6-10-16-15(20)17-11-7-9-13(17)14(18)19/h12-13H,3-11H2,1-2H3,(H,16,20)(H,18,19)/t13-/m0/s1. The average Bonchev–Trinajstić information content (AvgIpc) is 2.86. The minimum Gasteiger partial charge on any atom is -0.480 e. The number of amides is 2. The van der Waals surface area contributed by atoms with Crippen molar-refractivity contribution in [2.24, 2.45) is 5.92 Å². The molecule has 1 fully saturated rings. The SMILES string of the molecule is CC(C)CCCCCCNC(=O)N1CCC[C@H]1C(=O)O. The van der Waals surface area contributed by atoms with Gasteiger partial charge in [-0.2, -0.15) is 0 Å². The van der Waals surface area contributed by atoms with Crippen molar-refractivity contribution in [3.63, 3.8) is 0 Å². The Morgan fingerprint density at radius 2 is 1.95 bits per heavy atom. The Morgan fingerprint density at radius 1 is 1.25 bits per heavy atom. The van der Waals surface area contributed by atoms with Crippen LogP contribution in [-0.2, 0) is 4.79 Å². The van der Waals surface area contributed by atoms with Gasteiger partial charge in [0, 0.05) is 13.1 Å². The number of hydrogen-bond acceptors (Lipinski definition) is 2. The number of unbranched alkanes of at least 4 members (excludes halogenated alkanes) is 3. The summed E-state index contributed by atoms with van der Waals surface area (Å²) < 4.78 is 0. The zero-order valence-electron chi connectivity index (χ0n) is 12.7. The van der Waals surface area contributed by atoms with E-state index in [0.717, 1.165) is 25.2 Å². The first kappa shape index (κ1) is 16.8. The molecule has 0 spiro atoms. The highest BCUT2D eigenvalue weighted by molar-refractivity contribution is 5.83. The summed E-state index contributed by atoms with van der Waals surface area (Å²) in [6, 6.07) is -0.863. The second kappa shape index (κ2) is 8.82. The fraction of sp³-hybridized carbons (Fsp3) is 0.867. The number of rotatable bonds is 8. The molecule has 1 aliphatic rings. The summed E-state index contributed by atoms with van der Waals surface area (Å²) in [5.41, 5.74) is 0. The van der Waals surface area contributed by atoms with Crippen LogP contribution in [0, 0.1) is 5.92 Å². The molecule has 0 unspecified atom stereocenters. The van der Waals surface area contributed by atoms with E-state index in [4.69, 9.17) is 5.11 Å². The Kier molecular flexibility index (Phi) is 7.41. The van der Waals surface area contributed by atoms with Crippen molar-refractivity contribution >= 4 is 12.0 Å². The van der Waals surface area contributed by atoms with E-state index in [1.165, 1.54) is 24.2 Å². The summed E-state index contributed by atoms with van der Waals surface area (Å²) in [4.78, 5) is 24.3. The van der Waals surface area contributed by atoms with Crippen LogP contribution in [-0.4, -0.2) is 41.1 Å². The lowest BCUT2D eigenvalue weighted by atomic mass is 10.0. The zero-order chi connectivity index (χ0) is 15.0. The summed E-state index contributed by atoms with van der Waals surface area (Å²) >= 11 is 0. The molecule has 0 radical (unpaired) electrons. The molecular formula is C15H28N2O3. The van der Waals surface area contributed by atoms with Crippen molar-refractivity contribution in [3.05, 3.63) is 0 Å². The first-order valence-corrected chi connectivity index (χ1v) is 7.79. The van der Waals surface area contributed by atoms with Crippen molar-refractivity contribution in [2.45, 2.75) is 64.8 Å². The second-order valence-corrected chi connectivity index (χ2v) is 6.02. The zero-order valence-corrected chi connectivity index (χ0v) is 12.7.